The molecule has 3 N–H and O–H groups in total. The minimum Gasteiger partial charge on any atom is -0.476 e. The number of rotatable bonds is 13. The molecule has 1 amide bonds. The van der Waals surface area contributed by atoms with Gasteiger partial charge in [-0.15, -0.1) is 29.9 Å². The summed E-state index contributed by atoms with van der Waals surface area (Å²) in [5.74, 6) is 1.94. The maximum Gasteiger partial charge on any atom is 0.268 e. The summed E-state index contributed by atoms with van der Waals surface area (Å²) in [6.45, 7) is 6.99. The number of fused-ring (bicyclic) bond motifs is 1. The molecule has 3 aromatic rings. The fourth-order valence-electron chi connectivity index (χ4n) is 7.67. The van der Waals surface area contributed by atoms with Gasteiger partial charge in [-0.05, 0) is 106 Å². The summed E-state index contributed by atoms with van der Waals surface area (Å²) in [6.07, 6.45) is 12.8. The van der Waals surface area contributed by atoms with E-state index in [0.29, 0.717) is 46.8 Å². The van der Waals surface area contributed by atoms with E-state index in [0.717, 1.165) is 25.9 Å². The van der Waals surface area contributed by atoms with Crippen LogP contribution in [0.25, 0.3) is 5.82 Å². The molecule has 1 saturated heterocycles. The summed E-state index contributed by atoms with van der Waals surface area (Å²) in [7, 11) is -4.18. The van der Waals surface area contributed by atoms with Crippen LogP contribution >= 0.6 is 36.4 Å². The number of sulfonamides is 1. The molecular weight excluding hydrogens is 685 g/mol. The Morgan fingerprint density at radius 1 is 1.09 bits per heavy atom. The average Bonchev–Trinajstić information content (AvgIpc) is 3.95. The maximum absolute atomic E-state index is 12.9. The number of nitrogens with zero attached hydrogens (tertiary/aromatic N) is 4. The zero-order valence-electron chi connectivity index (χ0n) is 26.5. The van der Waals surface area contributed by atoms with Crippen LogP contribution in [0.2, 0.25) is 5.15 Å². The van der Waals surface area contributed by atoms with Crippen molar-refractivity contribution in [3.63, 3.8) is 0 Å². The van der Waals surface area contributed by atoms with Crippen molar-refractivity contribution in [3.05, 3.63) is 53.4 Å². The fourth-order valence-corrected chi connectivity index (χ4v) is 8.81. The van der Waals surface area contributed by atoms with E-state index in [4.69, 9.17) is 16.3 Å². The van der Waals surface area contributed by atoms with Crippen molar-refractivity contribution in [2.45, 2.75) is 75.6 Å². The third kappa shape index (κ3) is 7.22. The zero-order valence-corrected chi connectivity index (χ0v) is 29.7. The van der Waals surface area contributed by atoms with Gasteiger partial charge in [-0.25, -0.2) is 27.8 Å². The highest BCUT2D eigenvalue weighted by atomic mass is 35.5. The monoisotopic (exact) mass is 725 g/mol. The molecule has 15 heteroatoms. The summed E-state index contributed by atoms with van der Waals surface area (Å²) < 4.78 is 35.4. The second-order valence-corrected chi connectivity index (χ2v) is 15.9. The van der Waals surface area contributed by atoms with Crippen LogP contribution in [0, 0.1) is 22.7 Å². The van der Waals surface area contributed by atoms with Crippen molar-refractivity contribution in [1.29, 1.82) is 0 Å². The molecule has 3 aliphatic carbocycles. The number of anilines is 1. The summed E-state index contributed by atoms with van der Waals surface area (Å²) in [5.41, 5.74) is 1.29. The van der Waals surface area contributed by atoms with Crippen LogP contribution in [0.1, 0.15) is 75.6 Å². The van der Waals surface area contributed by atoms with Gasteiger partial charge < -0.3 is 15.4 Å². The smallest absolute Gasteiger partial charge is 0.268 e. The van der Waals surface area contributed by atoms with E-state index in [9.17, 15) is 13.2 Å². The molecule has 1 atom stereocenters. The second-order valence-electron chi connectivity index (χ2n) is 13.9. The van der Waals surface area contributed by atoms with E-state index in [-0.39, 0.29) is 46.0 Å². The van der Waals surface area contributed by atoms with Crippen molar-refractivity contribution in [1.82, 2.24) is 29.8 Å². The number of halogens is 3. The van der Waals surface area contributed by atoms with Crippen molar-refractivity contribution < 1.29 is 17.9 Å². The van der Waals surface area contributed by atoms with Crippen LogP contribution in [-0.4, -0.2) is 59.3 Å². The number of ether oxygens (including phenoxy) is 1. The summed E-state index contributed by atoms with van der Waals surface area (Å²) in [6, 6.07) is 7.75. The van der Waals surface area contributed by atoms with Gasteiger partial charge in [-0.2, -0.15) is 0 Å². The number of carbonyl (C=O) groups excluding carboxylic acids is 1. The number of hydrogen-bond donors (Lipinski definition) is 3. The van der Waals surface area contributed by atoms with E-state index in [1.54, 1.807) is 24.4 Å². The summed E-state index contributed by atoms with van der Waals surface area (Å²) in [5, 5.41) is 11.1. The number of amides is 1. The lowest BCUT2D eigenvalue weighted by Gasteiger charge is -2.17. The van der Waals surface area contributed by atoms with Crippen LogP contribution in [-0.2, 0) is 10.0 Å². The molecule has 4 aliphatic rings. The molecule has 7 rings (SSSR count). The zero-order chi connectivity index (χ0) is 31.5. The Morgan fingerprint density at radius 2 is 1.83 bits per heavy atom. The molecule has 11 nitrogen and oxygen atoms in total. The van der Waals surface area contributed by atoms with Gasteiger partial charge in [0.2, 0.25) is 5.88 Å². The van der Waals surface area contributed by atoms with Gasteiger partial charge in [-0.1, -0.05) is 18.0 Å². The largest absolute Gasteiger partial charge is 0.476 e. The maximum atomic E-state index is 12.9. The van der Waals surface area contributed by atoms with Crippen molar-refractivity contribution in [3.8, 4) is 11.7 Å². The topological polar surface area (TPSA) is 140 Å². The molecule has 3 aromatic heterocycles. The second kappa shape index (κ2) is 13.3. The number of carbonyl (C=O) groups is 1. The number of hydrogen-bond acceptors (Lipinski definition) is 9. The first-order valence-corrected chi connectivity index (χ1v) is 17.7. The lowest BCUT2D eigenvalue weighted by atomic mass is 9.93. The first-order chi connectivity index (χ1) is 21.5. The number of pyridine rings is 2. The van der Waals surface area contributed by atoms with Gasteiger partial charge in [0, 0.05) is 36.5 Å². The van der Waals surface area contributed by atoms with Crippen LogP contribution in [0.3, 0.4) is 0 Å². The van der Waals surface area contributed by atoms with Crippen LogP contribution < -0.4 is 20.1 Å². The normalized spacial score (nSPS) is 21.0. The highest BCUT2D eigenvalue weighted by Crippen LogP contribution is 2.92. The van der Waals surface area contributed by atoms with Gasteiger partial charge in [-0.3, -0.25) is 4.79 Å². The van der Waals surface area contributed by atoms with Gasteiger partial charge in [0.1, 0.15) is 15.9 Å². The summed E-state index contributed by atoms with van der Waals surface area (Å²) in [4.78, 5) is 21.2. The Labute approximate surface area is 293 Å². The first-order valence-electron chi connectivity index (χ1n) is 15.9. The van der Waals surface area contributed by atoms with Gasteiger partial charge in [0.25, 0.3) is 15.9 Å². The molecule has 0 aromatic carbocycles. The standard InChI is InChI=1S/C32H40ClN7O4S.2ClH/c1-30(2)17-21(18-36-30)5-3-4-15-34-25-8-6-22(19-35-25)45(42,43)39-29(41)23-7-9-26(37-28(23)33)40-16-10-27(38-40)44-20-24-31(11-12-31)32(24)13-14-32;;/h6-10,16,19,21,24,36H,3-5,11-15,17-18,20H2,1-2H3,(H,34,35)(H,39,41);2*1H. The highest BCUT2D eigenvalue weighted by Gasteiger charge is 2.86. The van der Waals surface area contributed by atoms with Gasteiger partial charge in [0.05, 0.1) is 12.2 Å². The fraction of sp³-hybridized carbons (Fsp3) is 0.562. The highest BCUT2D eigenvalue weighted by molar-refractivity contribution is 7.90. The lowest BCUT2D eigenvalue weighted by molar-refractivity contribution is 0.0981. The minimum absolute atomic E-state index is 0. The van der Waals surface area contributed by atoms with Crippen LogP contribution in [0.15, 0.2) is 47.6 Å². The molecule has 256 valence electrons. The molecule has 1 aliphatic heterocycles. The number of unbranched alkanes of at least 4 members (excludes halogenated alkanes) is 1. The van der Waals surface area contributed by atoms with Crippen molar-refractivity contribution >= 4 is 58.2 Å². The molecule has 0 bridgehead atoms. The summed E-state index contributed by atoms with van der Waals surface area (Å²) >= 11 is 6.32. The van der Waals surface area contributed by atoms with Gasteiger partial charge in [0.15, 0.2) is 5.82 Å². The van der Waals surface area contributed by atoms with Crippen LogP contribution in [0.5, 0.6) is 5.88 Å². The number of aromatic nitrogens is 4. The van der Waals surface area contributed by atoms with E-state index in [2.05, 4.69) is 44.3 Å². The Balaban J connectivity index is 0.00000217. The SMILES string of the molecule is CC1(C)CC(CCCCNc2ccc(S(=O)(=O)NC(=O)c3ccc(-n4ccc(OCC5C6(CC6)C56CC6)n4)nc3Cl)cn2)CN1.Cl.Cl. The molecule has 47 heavy (non-hydrogen) atoms. The third-order valence-electron chi connectivity index (χ3n) is 10.4. The molecule has 4 heterocycles. The first kappa shape index (κ1) is 35.7. The minimum atomic E-state index is -4.18. The van der Waals surface area contributed by atoms with E-state index < -0.39 is 15.9 Å². The van der Waals surface area contributed by atoms with E-state index in [1.165, 1.54) is 61.5 Å². The van der Waals surface area contributed by atoms with E-state index >= 15 is 0 Å². The Morgan fingerprint density at radius 3 is 2.45 bits per heavy atom. The lowest BCUT2D eigenvalue weighted by Crippen LogP contribution is -2.31. The van der Waals surface area contributed by atoms with Gasteiger partial charge >= 0.3 is 0 Å². The predicted octanol–water partition coefficient (Wildman–Crippen LogP) is 5.82. The molecule has 1 unspecified atom stereocenters. The predicted molar refractivity (Wildman–Crippen MR) is 185 cm³/mol. The number of nitrogens with one attached hydrogen (secondary N) is 3. The molecule has 3 saturated carbocycles. The molecular formula is C32H42Cl3N7O4S. The molecule has 4 fully saturated rings. The Kier molecular flexibility index (Phi) is 10.1. The Hall–Kier alpha value is -2.64. The quantitative estimate of drug-likeness (QED) is 0.147. The van der Waals surface area contributed by atoms with Crippen molar-refractivity contribution in [2.24, 2.45) is 22.7 Å². The average molecular weight is 727 g/mol. The molecule has 2 spiro atoms. The third-order valence-corrected chi connectivity index (χ3v) is 12.0. The van der Waals surface area contributed by atoms with Crippen molar-refractivity contribution in [2.75, 3.05) is 25.0 Å². The van der Waals surface area contributed by atoms with E-state index in [1.807, 2.05) is 0 Å². The van der Waals surface area contributed by atoms with Crippen LogP contribution in [0.4, 0.5) is 5.82 Å². The Bertz CT molecular complexity index is 1690. The molecule has 0 radical (unpaired) electrons.